The van der Waals surface area contributed by atoms with Gasteiger partial charge in [-0.15, -0.1) is 0 Å². The predicted molar refractivity (Wildman–Crippen MR) is 151 cm³/mol. The topological polar surface area (TPSA) is 94.1 Å². The Bertz CT molecular complexity index is 1210. The fraction of sp³-hybridized carbons (Fsp3) is 0.467. The predicted octanol–water partition coefficient (Wildman–Crippen LogP) is 5.65. The standard InChI is InChI=1S/C30H37N5O3/c1-31-23-14-9-15-24(18-23)32-28(37)20-35-30(38)34(19-27(36)21-10-5-6-11-21)26-17-8-7-16-25(26)29(33-35)22-12-3-2-4-13-22/h7-9,14-18,21-22,31H,2-6,10-13,19-20H2,1H3,(H,32,37). The molecule has 2 aromatic rings. The van der Waals surface area contributed by atoms with Gasteiger partial charge < -0.3 is 10.6 Å². The summed E-state index contributed by atoms with van der Waals surface area (Å²) in [5, 5.41) is 12.1. The molecule has 0 saturated heterocycles. The van der Waals surface area contributed by atoms with Crippen molar-refractivity contribution < 1.29 is 14.4 Å². The van der Waals surface area contributed by atoms with Crippen molar-refractivity contribution in [3.8, 4) is 0 Å². The normalized spacial score (nSPS) is 18.6. The van der Waals surface area contributed by atoms with Crippen LogP contribution < -0.4 is 15.5 Å². The van der Waals surface area contributed by atoms with Gasteiger partial charge in [0.15, 0.2) is 5.78 Å². The molecule has 2 aliphatic carbocycles. The van der Waals surface area contributed by atoms with Crippen molar-refractivity contribution in [1.29, 1.82) is 0 Å². The van der Waals surface area contributed by atoms with Gasteiger partial charge in [0.2, 0.25) is 5.91 Å². The highest BCUT2D eigenvalue weighted by Gasteiger charge is 2.36. The van der Waals surface area contributed by atoms with Crippen molar-refractivity contribution in [1.82, 2.24) is 5.01 Å². The van der Waals surface area contributed by atoms with Crippen LogP contribution in [0.25, 0.3) is 0 Å². The Morgan fingerprint density at radius 1 is 0.895 bits per heavy atom. The first-order valence-corrected chi connectivity index (χ1v) is 13.9. The molecular weight excluding hydrogens is 478 g/mol. The zero-order valence-corrected chi connectivity index (χ0v) is 22.1. The Labute approximate surface area is 224 Å². The smallest absolute Gasteiger partial charge is 0.345 e. The van der Waals surface area contributed by atoms with E-state index in [4.69, 9.17) is 5.10 Å². The lowest BCUT2D eigenvalue weighted by Gasteiger charge is -2.26. The van der Waals surface area contributed by atoms with Crippen LogP contribution in [0.15, 0.2) is 53.6 Å². The number of amides is 3. The van der Waals surface area contributed by atoms with Gasteiger partial charge in [-0.25, -0.2) is 9.80 Å². The quantitative estimate of drug-likeness (QED) is 0.475. The van der Waals surface area contributed by atoms with Crippen molar-refractivity contribution in [2.24, 2.45) is 16.9 Å². The number of nitrogens with one attached hydrogen (secondary N) is 2. The fourth-order valence-corrected chi connectivity index (χ4v) is 5.95. The number of urea groups is 1. The monoisotopic (exact) mass is 515 g/mol. The molecule has 2 fully saturated rings. The Morgan fingerprint density at radius 2 is 1.61 bits per heavy atom. The molecule has 2 saturated carbocycles. The first-order chi connectivity index (χ1) is 18.5. The number of hydrazone groups is 1. The van der Waals surface area contributed by atoms with Gasteiger partial charge in [0.1, 0.15) is 6.54 Å². The van der Waals surface area contributed by atoms with Crippen LogP contribution in [0, 0.1) is 11.8 Å². The molecule has 0 unspecified atom stereocenters. The number of hydrogen-bond acceptors (Lipinski definition) is 5. The molecule has 38 heavy (non-hydrogen) atoms. The average molecular weight is 516 g/mol. The molecule has 8 nitrogen and oxygen atoms in total. The second kappa shape index (κ2) is 11.8. The van der Waals surface area contributed by atoms with Crippen molar-refractivity contribution in [3.63, 3.8) is 0 Å². The van der Waals surface area contributed by atoms with E-state index in [1.54, 1.807) is 4.90 Å². The molecule has 0 spiro atoms. The molecular formula is C30H37N5O3. The van der Waals surface area contributed by atoms with Gasteiger partial charge in [-0.05, 0) is 49.9 Å². The number of Topliss-reactive ketones (excluding diaryl/α,β-unsaturated/α-hetero) is 1. The Kier molecular flexibility index (Phi) is 8.05. The number of ketones is 1. The zero-order chi connectivity index (χ0) is 26.5. The largest absolute Gasteiger partial charge is 0.388 e. The van der Waals surface area contributed by atoms with Gasteiger partial charge in [-0.2, -0.15) is 5.10 Å². The highest BCUT2D eigenvalue weighted by atomic mass is 16.2. The first kappa shape index (κ1) is 25.9. The zero-order valence-electron chi connectivity index (χ0n) is 22.1. The molecule has 8 heteroatoms. The summed E-state index contributed by atoms with van der Waals surface area (Å²) >= 11 is 0. The van der Waals surface area contributed by atoms with Crippen LogP contribution in [-0.2, 0) is 9.59 Å². The molecule has 0 radical (unpaired) electrons. The van der Waals surface area contributed by atoms with Crippen LogP contribution in [-0.4, -0.2) is 48.6 Å². The van der Waals surface area contributed by atoms with E-state index >= 15 is 0 Å². The summed E-state index contributed by atoms with van der Waals surface area (Å²) in [6.07, 6.45) is 9.29. The summed E-state index contributed by atoms with van der Waals surface area (Å²) in [7, 11) is 1.82. The van der Waals surface area contributed by atoms with E-state index in [0.717, 1.165) is 68.3 Å². The second-order valence-electron chi connectivity index (χ2n) is 10.6. The molecule has 200 valence electrons. The molecule has 1 aliphatic heterocycles. The van der Waals surface area contributed by atoms with E-state index in [9.17, 15) is 14.4 Å². The molecule has 5 rings (SSSR count). The number of rotatable bonds is 8. The Balaban J connectivity index is 1.46. The van der Waals surface area contributed by atoms with Gasteiger partial charge in [0.05, 0.1) is 17.9 Å². The maximum absolute atomic E-state index is 14.0. The molecule has 2 N–H and O–H groups in total. The van der Waals surface area contributed by atoms with Gasteiger partial charge >= 0.3 is 6.03 Å². The number of hydrogen-bond donors (Lipinski definition) is 2. The maximum atomic E-state index is 14.0. The van der Waals surface area contributed by atoms with E-state index in [0.29, 0.717) is 11.4 Å². The number of carbonyl (C=O) groups excluding carboxylic acids is 3. The number of benzene rings is 2. The Morgan fingerprint density at radius 3 is 2.37 bits per heavy atom. The molecule has 0 bridgehead atoms. The number of carbonyl (C=O) groups is 3. The lowest BCUT2D eigenvalue weighted by Crippen LogP contribution is -2.46. The average Bonchev–Trinajstić information content (AvgIpc) is 3.46. The molecule has 3 aliphatic rings. The van der Waals surface area contributed by atoms with Gasteiger partial charge in [0.25, 0.3) is 0 Å². The van der Waals surface area contributed by atoms with Crippen LogP contribution >= 0.6 is 0 Å². The lowest BCUT2D eigenvalue weighted by molar-refractivity contribution is -0.121. The van der Waals surface area contributed by atoms with E-state index in [2.05, 4.69) is 10.6 Å². The molecule has 2 aromatic carbocycles. The minimum Gasteiger partial charge on any atom is -0.388 e. The summed E-state index contributed by atoms with van der Waals surface area (Å²) in [6, 6.07) is 14.7. The summed E-state index contributed by atoms with van der Waals surface area (Å²) in [5.41, 5.74) is 3.94. The van der Waals surface area contributed by atoms with E-state index in [-0.39, 0.29) is 36.6 Å². The van der Waals surface area contributed by atoms with Crippen LogP contribution in [0.3, 0.4) is 0 Å². The number of nitrogens with zero attached hydrogens (tertiary/aromatic N) is 3. The minimum absolute atomic E-state index is 0.00366. The second-order valence-corrected chi connectivity index (χ2v) is 10.6. The first-order valence-electron chi connectivity index (χ1n) is 13.9. The number of anilines is 3. The highest BCUT2D eigenvalue weighted by molar-refractivity contribution is 6.13. The van der Waals surface area contributed by atoms with Crippen molar-refractivity contribution in [3.05, 3.63) is 54.1 Å². The van der Waals surface area contributed by atoms with E-state index in [1.807, 2.05) is 55.6 Å². The summed E-state index contributed by atoms with van der Waals surface area (Å²) < 4.78 is 0. The van der Waals surface area contributed by atoms with Crippen LogP contribution in [0.2, 0.25) is 0 Å². The minimum atomic E-state index is -0.436. The third kappa shape index (κ3) is 5.74. The third-order valence-corrected chi connectivity index (χ3v) is 8.00. The summed E-state index contributed by atoms with van der Waals surface area (Å²) in [4.78, 5) is 41.9. The highest BCUT2D eigenvalue weighted by Crippen LogP contribution is 2.35. The molecule has 3 amide bonds. The lowest BCUT2D eigenvalue weighted by atomic mass is 9.83. The number of para-hydroxylation sites is 1. The van der Waals surface area contributed by atoms with Crippen LogP contribution in [0.4, 0.5) is 21.9 Å². The summed E-state index contributed by atoms with van der Waals surface area (Å²) in [6.45, 7) is -0.239. The summed E-state index contributed by atoms with van der Waals surface area (Å²) in [5.74, 6) is -0.0550. The van der Waals surface area contributed by atoms with Gasteiger partial charge in [-0.3, -0.25) is 14.5 Å². The van der Waals surface area contributed by atoms with Gasteiger partial charge in [0, 0.05) is 35.8 Å². The fourth-order valence-electron chi connectivity index (χ4n) is 5.95. The van der Waals surface area contributed by atoms with Crippen molar-refractivity contribution in [2.75, 3.05) is 35.7 Å². The SMILES string of the molecule is CNc1cccc(NC(=O)CN2N=C(C3CCCCC3)c3ccccc3N(CC(=O)C3CCCC3)C2=O)c1. The third-order valence-electron chi connectivity index (χ3n) is 8.00. The van der Waals surface area contributed by atoms with Crippen LogP contribution in [0.1, 0.15) is 63.4 Å². The molecule has 0 aromatic heterocycles. The number of fused-ring (bicyclic) bond motifs is 1. The Hall–Kier alpha value is -3.68. The van der Waals surface area contributed by atoms with E-state index < -0.39 is 6.03 Å². The van der Waals surface area contributed by atoms with Crippen molar-refractivity contribution in [2.45, 2.75) is 57.8 Å². The molecule has 1 heterocycles. The van der Waals surface area contributed by atoms with Gasteiger partial charge in [-0.1, -0.05) is 56.4 Å². The van der Waals surface area contributed by atoms with Crippen LogP contribution in [0.5, 0.6) is 0 Å². The van der Waals surface area contributed by atoms with Crippen molar-refractivity contribution >= 4 is 40.5 Å². The molecule has 0 atom stereocenters. The maximum Gasteiger partial charge on any atom is 0.345 e. The van der Waals surface area contributed by atoms with E-state index in [1.165, 1.54) is 11.4 Å².